The molecule has 0 heterocycles. The number of nitrogens with one attached hydrogen (secondary N) is 2. The predicted molar refractivity (Wildman–Crippen MR) is 79.3 cm³/mol. The summed E-state index contributed by atoms with van der Waals surface area (Å²) in [6.07, 6.45) is 9.27. The molecule has 4 heteroatoms. The van der Waals surface area contributed by atoms with E-state index in [9.17, 15) is 5.11 Å². The van der Waals surface area contributed by atoms with Crippen molar-refractivity contribution in [1.82, 2.24) is 10.6 Å². The molecule has 0 aromatic heterocycles. The molecule has 2 aliphatic carbocycles. The summed E-state index contributed by atoms with van der Waals surface area (Å²) >= 11 is 0. The number of aliphatic imine (C=N–C) groups is 1. The second-order valence-electron chi connectivity index (χ2n) is 6.00. The largest absolute Gasteiger partial charge is 0.393 e. The van der Waals surface area contributed by atoms with Crippen molar-refractivity contribution in [2.24, 2.45) is 10.9 Å². The lowest BCUT2D eigenvalue weighted by molar-refractivity contribution is 0.120. The summed E-state index contributed by atoms with van der Waals surface area (Å²) in [5, 5.41) is 16.4. The summed E-state index contributed by atoms with van der Waals surface area (Å²) in [7, 11) is 0. The Morgan fingerprint density at radius 1 is 1.16 bits per heavy atom. The number of guanidine groups is 1. The molecule has 110 valence electrons. The first-order valence-electron chi connectivity index (χ1n) is 8.01. The van der Waals surface area contributed by atoms with Crippen LogP contribution in [0, 0.1) is 5.92 Å². The van der Waals surface area contributed by atoms with Gasteiger partial charge < -0.3 is 15.7 Å². The van der Waals surface area contributed by atoms with Crippen LogP contribution >= 0.6 is 0 Å². The second-order valence-corrected chi connectivity index (χ2v) is 6.00. The molecule has 2 saturated carbocycles. The Bertz CT molecular complexity index is 281. The molecule has 0 unspecified atom stereocenters. The molecule has 0 aliphatic heterocycles. The standard InChI is InChI=1S/C15H29N3O/c1-2-16-15(17-11-3-4-12-5-6-12)18-13-7-9-14(19)10-8-13/h12-14,19H,2-11H2,1H3,(H2,16,17,18). The molecule has 0 atom stereocenters. The maximum Gasteiger partial charge on any atom is 0.191 e. The highest BCUT2D eigenvalue weighted by molar-refractivity contribution is 5.80. The van der Waals surface area contributed by atoms with Crippen LogP contribution in [0.25, 0.3) is 0 Å². The minimum atomic E-state index is -0.0869. The van der Waals surface area contributed by atoms with Crippen molar-refractivity contribution in [3.63, 3.8) is 0 Å². The zero-order valence-electron chi connectivity index (χ0n) is 12.2. The summed E-state index contributed by atoms with van der Waals surface area (Å²) < 4.78 is 0. The highest BCUT2D eigenvalue weighted by Gasteiger charge is 2.21. The quantitative estimate of drug-likeness (QED) is 0.392. The summed E-state index contributed by atoms with van der Waals surface area (Å²) in [5.41, 5.74) is 0. The fourth-order valence-electron chi connectivity index (χ4n) is 2.71. The predicted octanol–water partition coefficient (Wildman–Crippen LogP) is 2.04. The number of rotatable bonds is 6. The Morgan fingerprint density at radius 2 is 1.89 bits per heavy atom. The highest BCUT2D eigenvalue weighted by atomic mass is 16.3. The highest BCUT2D eigenvalue weighted by Crippen LogP contribution is 2.33. The van der Waals surface area contributed by atoms with Crippen molar-refractivity contribution in [3.05, 3.63) is 0 Å². The third-order valence-corrected chi connectivity index (χ3v) is 4.12. The number of aliphatic hydroxyl groups is 1. The van der Waals surface area contributed by atoms with Crippen LogP contribution in [0.3, 0.4) is 0 Å². The van der Waals surface area contributed by atoms with Gasteiger partial charge in [0.25, 0.3) is 0 Å². The fraction of sp³-hybridized carbons (Fsp3) is 0.933. The van der Waals surface area contributed by atoms with Gasteiger partial charge in [0.15, 0.2) is 5.96 Å². The Morgan fingerprint density at radius 3 is 2.53 bits per heavy atom. The van der Waals surface area contributed by atoms with Gasteiger partial charge in [-0.05, 0) is 51.4 Å². The maximum absolute atomic E-state index is 9.52. The SMILES string of the molecule is CCNC(=NCCCC1CC1)NC1CCC(O)CC1. The van der Waals surface area contributed by atoms with Crippen molar-refractivity contribution in [3.8, 4) is 0 Å². The number of hydrogen-bond donors (Lipinski definition) is 3. The Labute approximate surface area is 117 Å². The third kappa shape index (κ3) is 5.81. The van der Waals surface area contributed by atoms with Crippen LogP contribution in [0.1, 0.15) is 58.3 Å². The third-order valence-electron chi connectivity index (χ3n) is 4.12. The Kier molecular flexibility index (Phi) is 5.95. The topological polar surface area (TPSA) is 56.7 Å². The Balaban J connectivity index is 1.68. The Hall–Kier alpha value is -0.770. The normalized spacial score (nSPS) is 28.2. The molecule has 0 saturated heterocycles. The lowest BCUT2D eigenvalue weighted by atomic mass is 9.93. The maximum atomic E-state index is 9.52. The van der Waals surface area contributed by atoms with E-state index in [4.69, 9.17) is 0 Å². The molecule has 4 nitrogen and oxygen atoms in total. The van der Waals surface area contributed by atoms with E-state index < -0.39 is 0 Å². The van der Waals surface area contributed by atoms with Crippen molar-refractivity contribution in [1.29, 1.82) is 0 Å². The van der Waals surface area contributed by atoms with Gasteiger partial charge in [-0.25, -0.2) is 0 Å². The first-order chi connectivity index (χ1) is 9.28. The van der Waals surface area contributed by atoms with E-state index in [2.05, 4.69) is 22.5 Å². The molecule has 0 amide bonds. The van der Waals surface area contributed by atoms with E-state index in [1.807, 2.05) is 0 Å². The van der Waals surface area contributed by atoms with Crippen LogP contribution in [-0.2, 0) is 0 Å². The molecular weight excluding hydrogens is 238 g/mol. The van der Waals surface area contributed by atoms with Gasteiger partial charge in [-0.15, -0.1) is 0 Å². The van der Waals surface area contributed by atoms with Crippen LogP contribution in [0.5, 0.6) is 0 Å². The summed E-state index contributed by atoms with van der Waals surface area (Å²) in [4.78, 5) is 4.66. The van der Waals surface area contributed by atoms with Crippen molar-refractivity contribution >= 4 is 5.96 Å². The first kappa shape index (κ1) is 14.6. The molecular formula is C15H29N3O. The van der Waals surface area contributed by atoms with Crippen molar-refractivity contribution in [2.75, 3.05) is 13.1 Å². The van der Waals surface area contributed by atoms with Gasteiger partial charge in [0.05, 0.1) is 6.10 Å². The van der Waals surface area contributed by atoms with Crippen LogP contribution in [0.2, 0.25) is 0 Å². The molecule has 0 radical (unpaired) electrons. The van der Waals surface area contributed by atoms with E-state index in [1.165, 1.54) is 25.7 Å². The first-order valence-corrected chi connectivity index (χ1v) is 8.01. The van der Waals surface area contributed by atoms with Crippen LogP contribution in [0.4, 0.5) is 0 Å². The van der Waals surface area contributed by atoms with Gasteiger partial charge in [0, 0.05) is 19.1 Å². The van der Waals surface area contributed by atoms with Gasteiger partial charge in [-0.1, -0.05) is 12.8 Å². The van der Waals surface area contributed by atoms with E-state index in [-0.39, 0.29) is 6.10 Å². The average molecular weight is 267 g/mol. The molecule has 0 bridgehead atoms. The lowest BCUT2D eigenvalue weighted by Gasteiger charge is -2.27. The van der Waals surface area contributed by atoms with E-state index >= 15 is 0 Å². The van der Waals surface area contributed by atoms with E-state index in [0.29, 0.717) is 6.04 Å². The molecule has 2 rings (SSSR count). The second kappa shape index (κ2) is 7.73. The molecule has 2 aliphatic rings. The monoisotopic (exact) mass is 267 g/mol. The van der Waals surface area contributed by atoms with E-state index in [0.717, 1.165) is 50.7 Å². The number of nitrogens with zero attached hydrogens (tertiary/aromatic N) is 1. The van der Waals surface area contributed by atoms with Gasteiger partial charge in [0.1, 0.15) is 0 Å². The smallest absolute Gasteiger partial charge is 0.191 e. The van der Waals surface area contributed by atoms with Gasteiger partial charge in [-0.3, -0.25) is 4.99 Å². The van der Waals surface area contributed by atoms with Crippen LogP contribution in [-0.4, -0.2) is 36.3 Å². The average Bonchev–Trinajstić information content (AvgIpc) is 3.21. The fourth-order valence-corrected chi connectivity index (χ4v) is 2.71. The summed E-state index contributed by atoms with van der Waals surface area (Å²) in [5.74, 6) is 1.96. The zero-order valence-corrected chi connectivity index (χ0v) is 12.2. The summed E-state index contributed by atoms with van der Waals surface area (Å²) in [6, 6.07) is 0.477. The number of aliphatic hydroxyl groups excluding tert-OH is 1. The van der Waals surface area contributed by atoms with Gasteiger partial charge >= 0.3 is 0 Å². The number of hydrogen-bond acceptors (Lipinski definition) is 2. The van der Waals surface area contributed by atoms with Gasteiger partial charge in [-0.2, -0.15) is 0 Å². The van der Waals surface area contributed by atoms with Crippen LogP contribution < -0.4 is 10.6 Å². The molecule has 0 aromatic carbocycles. The van der Waals surface area contributed by atoms with Gasteiger partial charge in [0.2, 0.25) is 0 Å². The lowest BCUT2D eigenvalue weighted by Crippen LogP contribution is -2.45. The molecule has 19 heavy (non-hydrogen) atoms. The van der Waals surface area contributed by atoms with Crippen molar-refractivity contribution < 1.29 is 5.11 Å². The molecule has 3 N–H and O–H groups in total. The van der Waals surface area contributed by atoms with E-state index in [1.54, 1.807) is 0 Å². The van der Waals surface area contributed by atoms with Crippen LogP contribution in [0.15, 0.2) is 4.99 Å². The molecule has 2 fully saturated rings. The minimum absolute atomic E-state index is 0.0869. The zero-order chi connectivity index (χ0) is 13.5. The summed E-state index contributed by atoms with van der Waals surface area (Å²) in [6.45, 7) is 3.94. The van der Waals surface area contributed by atoms with Crippen molar-refractivity contribution in [2.45, 2.75) is 70.4 Å². The minimum Gasteiger partial charge on any atom is -0.393 e. The molecule has 0 spiro atoms. The molecule has 0 aromatic rings.